The molecular formula is C17H19N5S. The number of pyridine rings is 1. The van der Waals surface area contributed by atoms with Crippen LogP contribution in [-0.4, -0.2) is 30.9 Å². The van der Waals surface area contributed by atoms with E-state index < -0.39 is 0 Å². The van der Waals surface area contributed by atoms with Gasteiger partial charge in [0, 0.05) is 18.1 Å². The van der Waals surface area contributed by atoms with Gasteiger partial charge in [0.1, 0.15) is 0 Å². The van der Waals surface area contributed by atoms with Gasteiger partial charge in [-0.1, -0.05) is 37.7 Å². The molecule has 1 aromatic carbocycles. The second kappa shape index (κ2) is 7.37. The van der Waals surface area contributed by atoms with Gasteiger partial charge in [-0.05, 0) is 58.2 Å². The summed E-state index contributed by atoms with van der Waals surface area (Å²) < 4.78 is 1.79. The van der Waals surface area contributed by atoms with E-state index in [0.29, 0.717) is 5.92 Å². The van der Waals surface area contributed by atoms with Gasteiger partial charge in [0.2, 0.25) is 5.16 Å². The van der Waals surface area contributed by atoms with Crippen LogP contribution in [0.3, 0.4) is 0 Å². The van der Waals surface area contributed by atoms with Crippen molar-refractivity contribution in [1.29, 1.82) is 0 Å². The number of nitrogens with zero attached hydrogens (tertiary/aromatic N) is 5. The van der Waals surface area contributed by atoms with Crippen LogP contribution in [0.1, 0.15) is 30.9 Å². The Hall–Kier alpha value is -2.21. The number of aromatic nitrogens is 5. The topological polar surface area (TPSA) is 56.5 Å². The van der Waals surface area contributed by atoms with Crippen molar-refractivity contribution in [3.8, 4) is 5.69 Å². The summed E-state index contributed by atoms with van der Waals surface area (Å²) in [7, 11) is 0. The molecule has 6 heteroatoms. The second-order valence-electron chi connectivity index (χ2n) is 5.57. The maximum absolute atomic E-state index is 4.13. The van der Waals surface area contributed by atoms with Crippen LogP contribution in [0.2, 0.25) is 0 Å². The Labute approximate surface area is 140 Å². The van der Waals surface area contributed by atoms with Gasteiger partial charge in [-0.15, -0.1) is 5.10 Å². The van der Waals surface area contributed by atoms with Gasteiger partial charge in [0.25, 0.3) is 0 Å². The molecule has 0 amide bonds. The molecule has 3 aromatic rings. The molecule has 0 aliphatic carbocycles. The van der Waals surface area contributed by atoms with Gasteiger partial charge in [-0.25, -0.2) is 0 Å². The maximum Gasteiger partial charge on any atom is 0.214 e. The molecule has 5 nitrogen and oxygen atoms in total. The highest BCUT2D eigenvalue weighted by Crippen LogP contribution is 2.21. The summed E-state index contributed by atoms with van der Waals surface area (Å²) in [4.78, 5) is 4.03. The van der Waals surface area contributed by atoms with Crippen molar-refractivity contribution in [3.05, 3.63) is 59.9 Å². The number of benzene rings is 1. The van der Waals surface area contributed by atoms with Crippen molar-refractivity contribution in [2.24, 2.45) is 0 Å². The molecule has 2 heterocycles. The zero-order valence-electron chi connectivity index (χ0n) is 13.3. The van der Waals surface area contributed by atoms with Crippen molar-refractivity contribution in [2.75, 3.05) is 5.75 Å². The highest BCUT2D eigenvalue weighted by Gasteiger charge is 2.09. The molecule has 23 heavy (non-hydrogen) atoms. The van der Waals surface area contributed by atoms with Gasteiger partial charge >= 0.3 is 0 Å². The molecule has 0 saturated carbocycles. The van der Waals surface area contributed by atoms with Gasteiger partial charge in [-0.3, -0.25) is 4.98 Å². The Kier molecular flexibility index (Phi) is 5.02. The largest absolute Gasteiger partial charge is 0.265 e. The third kappa shape index (κ3) is 3.96. The molecule has 0 fully saturated rings. The summed E-state index contributed by atoms with van der Waals surface area (Å²) in [6, 6.07) is 12.5. The Morgan fingerprint density at radius 2 is 1.78 bits per heavy atom. The summed E-state index contributed by atoms with van der Waals surface area (Å²) in [5.74, 6) is 1.45. The first-order valence-corrected chi connectivity index (χ1v) is 8.63. The molecular weight excluding hydrogens is 306 g/mol. The Balaban J connectivity index is 1.67. The van der Waals surface area contributed by atoms with Crippen LogP contribution >= 0.6 is 11.8 Å². The molecule has 0 aliphatic heterocycles. The van der Waals surface area contributed by atoms with E-state index in [9.17, 15) is 0 Å². The first-order chi connectivity index (χ1) is 11.2. The van der Waals surface area contributed by atoms with E-state index in [1.165, 1.54) is 11.1 Å². The number of hydrogen-bond acceptors (Lipinski definition) is 5. The number of rotatable bonds is 6. The lowest BCUT2D eigenvalue weighted by molar-refractivity contribution is 0.754. The average molecular weight is 325 g/mol. The lowest BCUT2D eigenvalue weighted by atomic mass is 10.0. The van der Waals surface area contributed by atoms with Gasteiger partial charge < -0.3 is 0 Å². The summed E-state index contributed by atoms with van der Waals surface area (Å²) >= 11 is 1.66. The van der Waals surface area contributed by atoms with Crippen molar-refractivity contribution in [3.63, 3.8) is 0 Å². The number of tetrazole rings is 1. The van der Waals surface area contributed by atoms with Crippen molar-refractivity contribution < 1.29 is 0 Å². The van der Waals surface area contributed by atoms with Crippen LogP contribution < -0.4 is 0 Å². The predicted octanol–water partition coefficient (Wildman–Crippen LogP) is 3.52. The normalized spacial score (nSPS) is 11.1. The summed E-state index contributed by atoms with van der Waals surface area (Å²) in [6.07, 6.45) is 4.60. The van der Waals surface area contributed by atoms with Gasteiger partial charge in [0.05, 0.1) is 5.69 Å². The molecule has 3 rings (SSSR count). The highest BCUT2D eigenvalue weighted by atomic mass is 32.2. The minimum absolute atomic E-state index is 0.520. The zero-order valence-corrected chi connectivity index (χ0v) is 14.1. The third-order valence-corrected chi connectivity index (χ3v) is 4.54. The molecule has 0 aliphatic rings. The first-order valence-electron chi connectivity index (χ1n) is 7.64. The predicted molar refractivity (Wildman–Crippen MR) is 91.9 cm³/mol. The Morgan fingerprint density at radius 3 is 2.48 bits per heavy atom. The second-order valence-corrected chi connectivity index (χ2v) is 6.64. The molecule has 0 unspecified atom stereocenters. The highest BCUT2D eigenvalue weighted by molar-refractivity contribution is 7.99. The van der Waals surface area contributed by atoms with E-state index in [-0.39, 0.29) is 0 Å². The first kappa shape index (κ1) is 15.7. The molecule has 0 N–H and O–H groups in total. The van der Waals surface area contributed by atoms with Crippen molar-refractivity contribution in [2.45, 2.75) is 31.3 Å². The summed E-state index contributed by atoms with van der Waals surface area (Å²) in [6.45, 7) is 4.37. The molecule has 0 spiro atoms. The smallest absolute Gasteiger partial charge is 0.214 e. The minimum Gasteiger partial charge on any atom is -0.265 e. The SMILES string of the molecule is CC(C)c1ccc(-n2nnnc2SCCc2ccncc2)cc1. The van der Waals surface area contributed by atoms with Gasteiger partial charge in [-0.2, -0.15) is 4.68 Å². The maximum atomic E-state index is 4.13. The molecule has 118 valence electrons. The van der Waals surface area contributed by atoms with E-state index >= 15 is 0 Å². The zero-order chi connectivity index (χ0) is 16.1. The molecule has 2 aromatic heterocycles. The number of hydrogen-bond donors (Lipinski definition) is 0. The summed E-state index contributed by atoms with van der Waals surface area (Å²) in [5, 5.41) is 12.9. The number of thioether (sulfide) groups is 1. The van der Waals surface area contributed by atoms with Crippen molar-refractivity contribution >= 4 is 11.8 Å². The lowest BCUT2D eigenvalue weighted by Crippen LogP contribution is -2.00. The lowest BCUT2D eigenvalue weighted by Gasteiger charge is -2.08. The van der Waals surface area contributed by atoms with Crippen molar-refractivity contribution in [1.82, 2.24) is 25.2 Å². The van der Waals surface area contributed by atoms with Crippen LogP contribution in [0.5, 0.6) is 0 Å². The average Bonchev–Trinajstić information content (AvgIpc) is 3.04. The fourth-order valence-electron chi connectivity index (χ4n) is 2.24. The van der Waals surface area contributed by atoms with Crippen LogP contribution in [0.4, 0.5) is 0 Å². The molecule has 0 radical (unpaired) electrons. The van der Waals surface area contributed by atoms with E-state index in [4.69, 9.17) is 0 Å². The van der Waals surface area contributed by atoms with Crippen LogP contribution in [-0.2, 0) is 6.42 Å². The monoisotopic (exact) mass is 325 g/mol. The van der Waals surface area contributed by atoms with E-state index in [1.807, 2.05) is 24.5 Å². The van der Waals surface area contributed by atoms with Crippen LogP contribution in [0, 0.1) is 0 Å². The van der Waals surface area contributed by atoms with Crippen LogP contribution in [0.15, 0.2) is 53.9 Å². The molecule has 0 bridgehead atoms. The fourth-order valence-corrected chi connectivity index (χ4v) is 3.12. The third-order valence-electron chi connectivity index (χ3n) is 3.62. The Bertz CT molecular complexity index is 737. The van der Waals surface area contributed by atoms with E-state index in [1.54, 1.807) is 16.4 Å². The van der Waals surface area contributed by atoms with Gasteiger partial charge in [0.15, 0.2) is 0 Å². The molecule has 0 saturated heterocycles. The fraction of sp³-hybridized carbons (Fsp3) is 0.294. The molecule has 0 atom stereocenters. The van der Waals surface area contributed by atoms with Crippen LogP contribution in [0.25, 0.3) is 5.69 Å². The van der Waals surface area contributed by atoms with E-state index in [2.05, 4.69) is 58.6 Å². The Morgan fingerprint density at radius 1 is 1.04 bits per heavy atom. The number of aryl methyl sites for hydroxylation is 1. The standard InChI is InChI=1S/C17H19N5S/c1-13(2)15-3-5-16(6-4-15)22-17(19-20-21-22)23-12-9-14-7-10-18-11-8-14/h3-8,10-11,13H,9,12H2,1-2H3. The quantitative estimate of drug-likeness (QED) is 0.649. The van der Waals surface area contributed by atoms with E-state index in [0.717, 1.165) is 23.0 Å². The minimum atomic E-state index is 0.520. The summed E-state index contributed by atoms with van der Waals surface area (Å²) in [5.41, 5.74) is 3.58.